The minimum atomic E-state index is -0.806. The Labute approximate surface area is 270 Å². The lowest BCUT2D eigenvalue weighted by Crippen LogP contribution is -2.25. The van der Waals surface area contributed by atoms with E-state index in [1.807, 2.05) is 81.4 Å². The summed E-state index contributed by atoms with van der Waals surface area (Å²) >= 11 is 0. The van der Waals surface area contributed by atoms with Gasteiger partial charge in [0.1, 0.15) is 5.75 Å². The summed E-state index contributed by atoms with van der Waals surface area (Å²) in [6, 6.07) is 30.2. The van der Waals surface area contributed by atoms with E-state index in [9.17, 15) is 14.4 Å². The Kier molecular flexibility index (Phi) is 8.66. The second-order valence-corrected chi connectivity index (χ2v) is 10.9. The second kappa shape index (κ2) is 13.1. The molecule has 0 unspecified atom stereocenters. The number of aryl methyl sites for hydroxylation is 2. The van der Waals surface area contributed by atoms with E-state index >= 15 is 0 Å². The number of aromatic nitrogens is 4. The van der Waals surface area contributed by atoms with Crippen LogP contribution in [-0.4, -0.2) is 39.2 Å². The molecule has 6 rings (SSSR count). The van der Waals surface area contributed by atoms with Crippen molar-refractivity contribution in [2.75, 3.05) is 13.7 Å². The van der Waals surface area contributed by atoms with Gasteiger partial charge in [-0.25, -0.2) is 14.2 Å². The zero-order chi connectivity index (χ0) is 33.1. The Morgan fingerprint density at radius 2 is 1.30 bits per heavy atom. The van der Waals surface area contributed by atoms with Gasteiger partial charge in [0.15, 0.2) is 11.5 Å². The molecule has 0 fully saturated rings. The van der Waals surface area contributed by atoms with Crippen molar-refractivity contribution in [1.29, 1.82) is 0 Å². The molecule has 0 aliphatic rings. The molecule has 238 valence electrons. The van der Waals surface area contributed by atoms with E-state index in [4.69, 9.17) is 14.2 Å². The maximum Gasteiger partial charge on any atom is 0.343 e. The van der Waals surface area contributed by atoms with Crippen molar-refractivity contribution in [3.8, 4) is 28.6 Å². The molecule has 0 spiro atoms. The Morgan fingerprint density at radius 1 is 0.723 bits per heavy atom. The monoisotopic (exact) mass is 630 g/mol. The summed E-state index contributed by atoms with van der Waals surface area (Å²) in [7, 11) is 1.52. The summed E-state index contributed by atoms with van der Waals surface area (Å²) in [5, 5.41) is 6.41. The summed E-state index contributed by atoms with van der Waals surface area (Å²) in [5.74, 6) is -0.386. The van der Waals surface area contributed by atoms with Crippen LogP contribution in [0.1, 0.15) is 51.3 Å². The van der Waals surface area contributed by atoms with Crippen molar-refractivity contribution < 1.29 is 19.0 Å². The molecule has 47 heavy (non-hydrogen) atoms. The first-order valence-corrected chi connectivity index (χ1v) is 15.2. The third kappa shape index (κ3) is 6.00. The van der Waals surface area contributed by atoms with Gasteiger partial charge < -0.3 is 14.2 Å². The number of rotatable bonds is 10. The van der Waals surface area contributed by atoms with E-state index in [0.29, 0.717) is 56.5 Å². The van der Waals surface area contributed by atoms with E-state index in [2.05, 4.69) is 10.2 Å². The van der Waals surface area contributed by atoms with Gasteiger partial charge in [-0.1, -0.05) is 48.5 Å². The minimum absolute atomic E-state index is 0.196. The van der Waals surface area contributed by atoms with Crippen LogP contribution in [0.25, 0.3) is 11.4 Å². The number of benzene rings is 4. The predicted octanol–water partition coefficient (Wildman–Crippen LogP) is 6.07. The van der Waals surface area contributed by atoms with Gasteiger partial charge in [-0.15, -0.1) is 0 Å². The van der Waals surface area contributed by atoms with Crippen LogP contribution in [0.4, 0.5) is 0 Å². The van der Waals surface area contributed by atoms with Gasteiger partial charge in [0.05, 0.1) is 41.8 Å². The van der Waals surface area contributed by atoms with Crippen molar-refractivity contribution in [1.82, 2.24) is 19.6 Å². The number of nitrogens with zero attached hydrogens (tertiary/aromatic N) is 2. The zero-order valence-corrected chi connectivity index (χ0v) is 26.4. The Morgan fingerprint density at radius 3 is 1.83 bits per heavy atom. The quantitative estimate of drug-likeness (QED) is 0.140. The van der Waals surface area contributed by atoms with Gasteiger partial charge in [0.25, 0.3) is 11.1 Å². The van der Waals surface area contributed by atoms with Crippen LogP contribution < -0.4 is 25.3 Å². The summed E-state index contributed by atoms with van der Waals surface area (Å²) in [5.41, 5.74) is 3.64. The molecule has 2 aromatic heterocycles. The van der Waals surface area contributed by atoms with E-state index in [0.717, 1.165) is 0 Å². The van der Waals surface area contributed by atoms with Gasteiger partial charge in [-0.2, -0.15) is 0 Å². The fourth-order valence-corrected chi connectivity index (χ4v) is 5.76. The molecule has 0 saturated carbocycles. The minimum Gasteiger partial charge on any atom is -0.497 e. The van der Waals surface area contributed by atoms with Crippen LogP contribution in [0.2, 0.25) is 0 Å². The highest BCUT2D eigenvalue weighted by atomic mass is 16.6. The van der Waals surface area contributed by atoms with Crippen molar-refractivity contribution in [2.24, 2.45) is 0 Å². The molecule has 0 radical (unpaired) electrons. The summed E-state index contributed by atoms with van der Waals surface area (Å²) in [6.45, 7) is 5.73. The average Bonchev–Trinajstić information content (AvgIpc) is 3.56. The lowest BCUT2D eigenvalue weighted by Gasteiger charge is -2.19. The van der Waals surface area contributed by atoms with Crippen LogP contribution in [-0.2, 0) is 0 Å². The number of carbonyl (C=O) groups is 1. The summed E-state index contributed by atoms with van der Waals surface area (Å²) in [6.07, 6.45) is 0. The number of ether oxygens (including phenoxy) is 3. The molecule has 6 aromatic rings. The third-order valence-corrected chi connectivity index (χ3v) is 7.95. The van der Waals surface area contributed by atoms with E-state index in [-0.39, 0.29) is 23.5 Å². The highest BCUT2D eigenvalue weighted by Gasteiger charge is 2.32. The van der Waals surface area contributed by atoms with E-state index in [1.54, 1.807) is 42.5 Å². The third-order valence-electron chi connectivity index (χ3n) is 7.95. The number of H-pyrrole nitrogens is 2. The number of esters is 1. The molecule has 2 N–H and O–H groups in total. The normalized spacial score (nSPS) is 11.1. The standard InChI is InChI=1S/C37H34N4O6/c1-5-46-31-22-25(19-20-30(31)47-37(44)26-13-12-18-29(21-26)45-4)34(32-23(2)38-40(35(32)42)27-14-8-6-9-15-27)33-24(3)39-41(36(33)43)28-16-10-7-11-17-28/h6-22,34,38-39H,5H2,1-4H3. The highest BCUT2D eigenvalue weighted by Crippen LogP contribution is 2.38. The predicted molar refractivity (Wildman–Crippen MR) is 179 cm³/mol. The number of carbonyl (C=O) groups excluding carboxylic acids is 1. The highest BCUT2D eigenvalue weighted by molar-refractivity contribution is 5.91. The van der Waals surface area contributed by atoms with Crippen LogP contribution >= 0.6 is 0 Å². The van der Waals surface area contributed by atoms with Crippen molar-refractivity contribution in [3.05, 3.63) is 157 Å². The maximum absolute atomic E-state index is 14.2. The molecule has 10 heteroatoms. The van der Waals surface area contributed by atoms with Crippen molar-refractivity contribution in [3.63, 3.8) is 0 Å². The van der Waals surface area contributed by atoms with Crippen LogP contribution in [0.3, 0.4) is 0 Å². The SMILES string of the molecule is CCOc1cc(C(c2c(C)[nH]n(-c3ccccc3)c2=O)c2c(C)[nH]n(-c3ccccc3)c2=O)ccc1OC(=O)c1cccc(OC)c1. The van der Waals surface area contributed by atoms with E-state index in [1.165, 1.54) is 16.5 Å². The Balaban J connectivity index is 1.52. The topological polar surface area (TPSA) is 120 Å². The summed E-state index contributed by atoms with van der Waals surface area (Å²) < 4.78 is 20.0. The molecule has 4 aromatic carbocycles. The van der Waals surface area contributed by atoms with Crippen LogP contribution in [0.15, 0.2) is 113 Å². The number of para-hydroxylation sites is 2. The molecule has 10 nitrogen and oxygen atoms in total. The van der Waals surface area contributed by atoms with Crippen molar-refractivity contribution >= 4 is 5.97 Å². The number of aromatic amines is 2. The number of hydrogen-bond donors (Lipinski definition) is 2. The van der Waals surface area contributed by atoms with Gasteiger partial charge in [-0.05, 0) is 80.9 Å². The van der Waals surface area contributed by atoms with E-state index < -0.39 is 11.9 Å². The molecule has 0 atom stereocenters. The molecule has 0 bridgehead atoms. The number of nitrogens with one attached hydrogen (secondary N) is 2. The molecule has 2 heterocycles. The molecule has 0 aliphatic heterocycles. The zero-order valence-electron chi connectivity index (χ0n) is 26.4. The van der Waals surface area contributed by atoms with Gasteiger partial charge in [0, 0.05) is 17.3 Å². The van der Waals surface area contributed by atoms with Crippen molar-refractivity contribution in [2.45, 2.75) is 26.7 Å². The fraction of sp³-hybridized carbons (Fsp3) is 0.162. The molecular weight excluding hydrogens is 596 g/mol. The van der Waals surface area contributed by atoms with Gasteiger partial charge in [0.2, 0.25) is 0 Å². The lowest BCUT2D eigenvalue weighted by molar-refractivity contribution is 0.0728. The molecule has 0 saturated heterocycles. The first-order valence-electron chi connectivity index (χ1n) is 15.2. The fourth-order valence-electron chi connectivity index (χ4n) is 5.76. The smallest absolute Gasteiger partial charge is 0.343 e. The average molecular weight is 631 g/mol. The first-order chi connectivity index (χ1) is 22.8. The molecule has 0 aliphatic carbocycles. The van der Waals surface area contributed by atoms with Gasteiger partial charge in [-0.3, -0.25) is 19.8 Å². The Bertz CT molecular complexity index is 2060. The molecular formula is C37H34N4O6. The van der Waals surface area contributed by atoms with Gasteiger partial charge >= 0.3 is 5.97 Å². The molecule has 0 amide bonds. The lowest BCUT2D eigenvalue weighted by atomic mass is 9.85. The largest absolute Gasteiger partial charge is 0.497 e. The number of hydrogen-bond acceptors (Lipinski definition) is 6. The second-order valence-electron chi connectivity index (χ2n) is 10.9. The first kappa shape index (κ1) is 31.0. The maximum atomic E-state index is 14.2. The number of methoxy groups -OCH3 is 1. The van der Waals surface area contributed by atoms with Crippen LogP contribution in [0, 0.1) is 13.8 Å². The van der Waals surface area contributed by atoms with Crippen LogP contribution in [0.5, 0.6) is 17.2 Å². The Hall–Kier alpha value is -6.03. The summed E-state index contributed by atoms with van der Waals surface area (Å²) in [4.78, 5) is 41.5.